The summed E-state index contributed by atoms with van der Waals surface area (Å²) in [4.78, 5) is 24.3. The average Bonchev–Trinajstić information content (AvgIpc) is 3.18. The third-order valence-electron chi connectivity index (χ3n) is 5.05. The first-order valence-corrected chi connectivity index (χ1v) is 10.4. The number of likely N-dealkylation sites (N-methyl/N-ethyl adjacent to an activating group) is 1. The van der Waals surface area contributed by atoms with E-state index < -0.39 is 4.92 Å². The molecule has 8 nitrogen and oxygen atoms in total. The Balaban J connectivity index is 1.90. The van der Waals surface area contributed by atoms with Crippen LogP contribution in [-0.4, -0.2) is 47.1 Å². The smallest absolute Gasteiger partial charge is 0.289 e. The highest BCUT2D eigenvalue weighted by Gasteiger charge is 2.24. The standard InChI is InChI=1S/C20H27ClN6O2/c1-3-5-11-26(16-6-7-17(21)18(13-16)27(28)29)20-23-10-8-19(24-20)25-12-9-15(14-25)22-4-2/h6-8,10,13,15,22H,3-5,9,11-12,14H2,1-2H3/t15-/m0/s1. The molecule has 1 fully saturated rings. The van der Waals surface area contributed by atoms with E-state index in [1.165, 1.54) is 6.07 Å². The number of unbranched alkanes of at least 4 members (excludes halogenated alkanes) is 1. The molecule has 1 aromatic heterocycles. The first-order chi connectivity index (χ1) is 14.0. The Morgan fingerprint density at radius 3 is 2.93 bits per heavy atom. The molecule has 29 heavy (non-hydrogen) atoms. The SMILES string of the molecule is CCCCN(c1ccc(Cl)c([N+](=O)[O-])c1)c1nccc(N2CC[C@H](NCC)C2)n1. The van der Waals surface area contributed by atoms with Gasteiger partial charge in [-0.15, -0.1) is 0 Å². The maximum Gasteiger partial charge on any atom is 0.289 e. The van der Waals surface area contributed by atoms with Crippen molar-refractivity contribution in [3.8, 4) is 0 Å². The van der Waals surface area contributed by atoms with Crippen molar-refractivity contribution < 1.29 is 4.92 Å². The molecule has 1 aromatic carbocycles. The number of hydrogen-bond acceptors (Lipinski definition) is 7. The molecule has 3 rings (SSSR count). The van der Waals surface area contributed by atoms with Crippen LogP contribution < -0.4 is 15.1 Å². The monoisotopic (exact) mass is 418 g/mol. The third-order valence-corrected chi connectivity index (χ3v) is 5.37. The maximum absolute atomic E-state index is 11.3. The van der Waals surface area contributed by atoms with Crippen LogP contribution in [0, 0.1) is 10.1 Å². The predicted octanol–water partition coefficient (Wildman–Crippen LogP) is 4.16. The molecule has 0 aliphatic carbocycles. The molecular formula is C20H27ClN6O2. The fraction of sp³-hybridized carbons (Fsp3) is 0.500. The molecule has 1 aliphatic heterocycles. The van der Waals surface area contributed by atoms with Crippen molar-refractivity contribution in [1.82, 2.24) is 15.3 Å². The molecule has 0 amide bonds. The van der Waals surface area contributed by atoms with Gasteiger partial charge in [0, 0.05) is 37.9 Å². The highest BCUT2D eigenvalue weighted by Crippen LogP contribution is 2.32. The highest BCUT2D eigenvalue weighted by atomic mass is 35.5. The summed E-state index contributed by atoms with van der Waals surface area (Å²) in [5.41, 5.74) is 0.550. The second-order valence-electron chi connectivity index (χ2n) is 7.10. The second kappa shape index (κ2) is 9.84. The van der Waals surface area contributed by atoms with E-state index in [-0.39, 0.29) is 10.7 Å². The van der Waals surface area contributed by atoms with Gasteiger partial charge in [0.1, 0.15) is 10.8 Å². The quantitative estimate of drug-likeness (QED) is 0.483. The van der Waals surface area contributed by atoms with Gasteiger partial charge >= 0.3 is 0 Å². The zero-order valence-electron chi connectivity index (χ0n) is 16.8. The summed E-state index contributed by atoms with van der Waals surface area (Å²) in [6.45, 7) is 7.68. The van der Waals surface area contributed by atoms with Crippen molar-refractivity contribution in [2.24, 2.45) is 0 Å². The third kappa shape index (κ3) is 5.13. The molecule has 0 spiro atoms. The first-order valence-electron chi connectivity index (χ1n) is 10.1. The van der Waals surface area contributed by atoms with Crippen LogP contribution in [-0.2, 0) is 0 Å². The number of rotatable bonds is 9. The van der Waals surface area contributed by atoms with Gasteiger partial charge in [0.2, 0.25) is 5.95 Å². The molecule has 2 heterocycles. The Bertz CT molecular complexity index is 849. The molecule has 0 unspecified atom stereocenters. The van der Waals surface area contributed by atoms with Gasteiger partial charge in [-0.25, -0.2) is 4.98 Å². The fourth-order valence-electron chi connectivity index (χ4n) is 3.54. The van der Waals surface area contributed by atoms with Crippen LogP contribution in [0.4, 0.5) is 23.1 Å². The molecular weight excluding hydrogens is 392 g/mol. The lowest BCUT2D eigenvalue weighted by molar-refractivity contribution is -0.384. The van der Waals surface area contributed by atoms with Crippen molar-refractivity contribution in [3.63, 3.8) is 0 Å². The minimum atomic E-state index is -0.466. The van der Waals surface area contributed by atoms with Crippen molar-refractivity contribution in [1.29, 1.82) is 0 Å². The van der Waals surface area contributed by atoms with Gasteiger partial charge in [-0.05, 0) is 37.6 Å². The minimum absolute atomic E-state index is 0.116. The normalized spacial score (nSPS) is 16.2. The highest BCUT2D eigenvalue weighted by molar-refractivity contribution is 6.32. The lowest BCUT2D eigenvalue weighted by Crippen LogP contribution is -2.32. The Morgan fingerprint density at radius 2 is 2.21 bits per heavy atom. The van der Waals surface area contributed by atoms with Crippen LogP contribution in [0.3, 0.4) is 0 Å². The number of benzene rings is 1. The zero-order valence-corrected chi connectivity index (χ0v) is 17.6. The van der Waals surface area contributed by atoms with Crippen molar-refractivity contribution >= 4 is 34.7 Å². The minimum Gasteiger partial charge on any atom is -0.355 e. The summed E-state index contributed by atoms with van der Waals surface area (Å²) >= 11 is 5.99. The molecule has 0 bridgehead atoms. The van der Waals surface area contributed by atoms with Gasteiger partial charge in [0.05, 0.1) is 10.6 Å². The molecule has 2 aromatic rings. The summed E-state index contributed by atoms with van der Waals surface area (Å²) in [5, 5.41) is 14.9. The molecule has 1 atom stereocenters. The largest absolute Gasteiger partial charge is 0.355 e. The lowest BCUT2D eigenvalue weighted by atomic mass is 10.2. The first kappa shape index (κ1) is 21.3. The number of hydrogen-bond donors (Lipinski definition) is 1. The number of nitrogens with one attached hydrogen (secondary N) is 1. The van der Waals surface area contributed by atoms with Crippen LogP contribution in [0.1, 0.15) is 33.1 Å². The molecule has 0 saturated carbocycles. The average molecular weight is 419 g/mol. The van der Waals surface area contributed by atoms with E-state index in [0.717, 1.165) is 44.7 Å². The Kier molecular flexibility index (Phi) is 7.22. The van der Waals surface area contributed by atoms with Gasteiger partial charge in [0.25, 0.3) is 5.69 Å². The van der Waals surface area contributed by atoms with Crippen LogP contribution in [0.2, 0.25) is 5.02 Å². The summed E-state index contributed by atoms with van der Waals surface area (Å²) in [5.74, 6) is 1.42. The zero-order chi connectivity index (χ0) is 20.8. The molecule has 0 radical (unpaired) electrons. The van der Waals surface area contributed by atoms with Crippen molar-refractivity contribution in [3.05, 3.63) is 45.6 Å². The molecule has 156 valence electrons. The van der Waals surface area contributed by atoms with Crippen LogP contribution in [0.5, 0.6) is 0 Å². The van der Waals surface area contributed by atoms with Gasteiger partial charge < -0.3 is 15.1 Å². The summed E-state index contributed by atoms with van der Waals surface area (Å²) in [7, 11) is 0. The van der Waals surface area contributed by atoms with Crippen LogP contribution in [0.15, 0.2) is 30.5 Å². The van der Waals surface area contributed by atoms with E-state index in [1.807, 2.05) is 11.0 Å². The molecule has 1 N–H and O–H groups in total. The number of nitrogens with zero attached hydrogens (tertiary/aromatic N) is 5. The van der Waals surface area contributed by atoms with Crippen molar-refractivity contribution in [2.45, 2.75) is 39.2 Å². The molecule has 9 heteroatoms. The van der Waals surface area contributed by atoms with Gasteiger partial charge in [-0.3, -0.25) is 10.1 Å². The molecule has 1 saturated heterocycles. The summed E-state index contributed by atoms with van der Waals surface area (Å²) in [6, 6.07) is 7.20. The predicted molar refractivity (Wildman–Crippen MR) is 116 cm³/mol. The van der Waals surface area contributed by atoms with E-state index in [9.17, 15) is 10.1 Å². The number of nitro groups is 1. The van der Waals surface area contributed by atoms with Crippen molar-refractivity contribution in [2.75, 3.05) is 36.0 Å². The van der Waals surface area contributed by atoms with Gasteiger partial charge in [-0.1, -0.05) is 31.9 Å². The lowest BCUT2D eigenvalue weighted by Gasteiger charge is -2.24. The van der Waals surface area contributed by atoms with Gasteiger partial charge in [0.15, 0.2) is 0 Å². The van der Waals surface area contributed by atoms with E-state index >= 15 is 0 Å². The van der Waals surface area contributed by atoms with Crippen LogP contribution in [0.25, 0.3) is 0 Å². The maximum atomic E-state index is 11.3. The summed E-state index contributed by atoms with van der Waals surface area (Å²) in [6.07, 6.45) is 4.73. The van der Waals surface area contributed by atoms with E-state index in [4.69, 9.17) is 16.6 Å². The Labute approximate surface area is 176 Å². The number of halogens is 1. The second-order valence-corrected chi connectivity index (χ2v) is 7.51. The number of aromatic nitrogens is 2. The van der Waals surface area contributed by atoms with E-state index in [2.05, 4.69) is 29.0 Å². The topological polar surface area (TPSA) is 87.4 Å². The number of nitro benzene ring substituents is 1. The fourth-order valence-corrected chi connectivity index (χ4v) is 3.73. The molecule has 1 aliphatic rings. The van der Waals surface area contributed by atoms with E-state index in [0.29, 0.717) is 24.2 Å². The van der Waals surface area contributed by atoms with Gasteiger partial charge in [-0.2, -0.15) is 4.98 Å². The number of anilines is 3. The van der Waals surface area contributed by atoms with Crippen LogP contribution >= 0.6 is 11.6 Å². The Hall–Kier alpha value is -2.45. The summed E-state index contributed by atoms with van der Waals surface area (Å²) < 4.78 is 0. The Morgan fingerprint density at radius 1 is 1.38 bits per heavy atom. The van der Waals surface area contributed by atoms with E-state index in [1.54, 1.807) is 18.3 Å².